The van der Waals surface area contributed by atoms with Gasteiger partial charge in [0.25, 0.3) is 5.91 Å². The van der Waals surface area contributed by atoms with Crippen molar-refractivity contribution in [3.05, 3.63) is 29.6 Å². The van der Waals surface area contributed by atoms with E-state index >= 15 is 0 Å². The van der Waals surface area contributed by atoms with E-state index in [0.717, 1.165) is 0 Å². The van der Waals surface area contributed by atoms with Crippen LogP contribution in [0.2, 0.25) is 0 Å². The summed E-state index contributed by atoms with van der Waals surface area (Å²) in [4.78, 5) is 25.3. The van der Waals surface area contributed by atoms with Crippen LogP contribution in [-0.4, -0.2) is 41.6 Å². The number of halogens is 1. The molecule has 1 fully saturated rings. The average Bonchev–Trinajstić information content (AvgIpc) is 2.47. The molecule has 1 aromatic carbocycles. The van der Waals surface area contributed by atoms with Gasteiger partial charge in [-0.3, -0.25) is 9.59 Å². The summed E-state index contributed by atoms with van der Waals surface area (Å²) in [6.07, 6.45) is 1.21. The number of carboxylic acids is 1. The fourth-order valence-electron chi connectivity index (χ4n) is 2.72. The van der Waals surface area contributed by atoms with E-state index < -0.39 is 17.7 Å². The standard InChI is InChI=1S/C15H18FNO4/c1-9-11(15(19)20)4-3-7-17(9)14(18)10-5-6-12(16)13(8-10)21-2/h5-6,8-9,11H,3-4,7H2,1-2H3,(H,19,20)/t9-,11-/m0/s1. The number of carbonyl (C=O) groups is 2. The van der Waals surface area contributed by atoms with Gasteiger partial charge in [0.15, 0.2) is 11.6 Å². The summed E-state index contributed by atoms with van der Waals surface area (Å²) in [6, 6.07) is 3.52. The average molecular weight is 295 g/mol. The van der Waals surface area contributed by atoms with E-state index in [1.807, 2.05) is 0 Å². The topological polar surface area (TPSA) is 66.8 Å². The highest BCUT2D eigenvalue weighted by atomic mass is 19.1. The third-order valence-corrected chi connectivity index (χ3v) is 3.96. The summed E-state index contributed by atoms with van der Waals surface area (Å²) < 4.78 is 18.3. The number of hydrogen-bond donors (Lipinski definition) is 1. The van der Waals surface area contributed by atoms with Crippen molar-refractivity contribution in [3.8, 4) is 5.75 Å². The van der Waals surface area contributed by atoms with Gasteiger partial charge in [0.05, 0.1) is 13.0 Å². The molecule has 1 heterocycles. The summed E-state index contributed by atoms with van der Waals surface area (Å²) in [5.74, 6) is -2.29. The zero-order valence-corrected chi connectivity index (χ0v) is 12.0. The van der Waals surface area contributed by atoms with Crippen LogP contribution in [0.25, 0.3) is 0 Å². The number of piperidine rings is 1. The normalized spacial score (nSPS) is 22.0. The predicted molar refractivity (Wildman–Crippen MR) is 73.8 cm³/mol. The Hall–Kier alpha value is -2.11. The fourth-order valence-corrected chi connectivity index (χ4v) is 2.72. The first kappa shape index (κ1) is 15.3. The van der Waals surface area contributed by atoms with Crippen molar-refractivity contribution in [2.45, 2.75) is 25.8 Å². The maximum absolute atomic E-state index is 13.4. The monoisotopic (exact) mass is 295 g/mol. The SMILES string of the molecule is COc1cc(C(=O)N2CCC[C@H](C(=O)O)[C@@H]2C)ccc1F. The van der Waals surface area contributed by atoms with Gasteiger partial charge in [-0.2, -0.15) is 0 Å². The van der Waals surface area contributed by atoms with E-state index in [2.05, 4.69) is 0 Å². The highest BCUT2D eigenvalue weighted by Gasteiger charge is 2.35. The molecule has 0 unspecified atom stereocenters. The first-order valence-electron chi connectivity index (χ1n) is 6.83. The van der Waals surface area contributed by atoms with Crippen LogP contribution in [0.15, 0.2) is 18.2 Å². The van der Waals surface area contributed by atoms with Crippen LogP contribution in [0.5, 0.6) is 5.75 Å². The summed E-state index contributed by atoms with van der Waals surface area (Å²) >= 11 is 0. The molecule has 2 atom stereocenters. The largest absolute Gasteiger partial charge is 0.494 e. The Balaban J connectivity index is 2.24. The van der Waals surface area contributed by atoms with Crippen LogP contribution in [0.3, 0.4) is 0 Å². The van der Waals surface area contributed by atoms with E-state index in [4.69, 9.17) is 4.74 Å². The third kappa shape index (κ3) is 2.99. The number of aliphatic carboxylic acids is 1. The molecule has 0 bridgehead atoms. The molecular formula is C15H18FNO4. The molecule has 1 amide bonds. The van der Waals surface area contributed by atoms with Crippen LogP contribution in [-0.2, 0) is 4.79 Å². The number of carbonyl (C=O) groups excluding carboxylic acids is 1. The molecule has 2 rings (SSSR count). The lowest BCUT2D eigenvalue weighted by molar-refractivity contribution is -0.144. The number of carboxylic acid groups (broad SMARTS) is 1. The number of nitrogens with zero attached hydrogens (tertiary/aromatic N) is 1. The molecule has 5 nitrogen and oxygen atoms in total. The minimum Gasteiger partial charge on any atom is -0.494 e. The Morgan fingerprint density at radius 2 is 2.14 bits per heavy atom. The maximum atomic E-state index is 13.4. The molecule has 1 aliphatic heterocycles. The smallest absolute Gasteiger partial charge is 0.308 e. The van der Waals surface area contributed by atoms with Gasteiger partial charge in [-0.1, -0.05) is 0 Å². The van der Waals surface area contributed by atoms with E-state index in [1.54, 1.807) is 6.92 Å². The lowest BCUT2D eigenvalue weighted by Gasteiger charge is -2.37. The second-order valence-corrected chi connectivity index (χ2v) is 5.18. The number of amides is 1. The minimum absolute atomic E-state index is 0.000275. The summed E-state index contributed by atoms with van der Waals surface area (Å²) in [6.45, 7) is 2.24. The quantitative estimate of drug-likeness (QED) is 0.928. The molecule has 6 heteroatoms. The molecule has 1 aromatic rings. The second kappa shape index (κ2) is 6.11. The van der Waals surface area contributed by atoms with Crippen molar-refractivity contribution in [1.29, 1.82) is 0 Å². The maximum Gasteiger partial charge on any atom is 0.308 e. The molecule has 1 N–H and O–H groups in total. The summed E-state index contributed by atoms with van der Waals surface area (Å²) in [5, 5.41) is 9.19. The number of ether oxygens (including phenoxy) is 1. The number of methoxy groups -OCH3 is 1. The zero-order valence-electron chi connectivity index (χ0n) is 12.0. The van der Waals surface area contributed by atoms with Crippen molar-refractivity contribution in [2.75, 3.05) is 13.7 Å². The molecule has 0 aromatic heterocycles. The Morgan fingerprint density at radius 3 is 2.76 bits per heavy atom. The van der Waals surface area contributed by atoms with Gasteiger partial charge in [-0.25, -0.2) is 4.39 Å². The molecule has 1 aliphatic rings. The van der Waals surface area contributed by atoms with E-state index in [-0.39, 0.29) is 17.7 Å². The first-order valence-corrected chi connectivity index (χ1v) is 6.83. The highest BCUT2D eigenvalue weighted by Crippen LogP contribution is 2.26. The summed E-state index contributed by atoms with van der Waals surface area (Å²) in [5.41, 5.74) is 0.297. The molecule has 0 saturated carbocycles. The van der Waals surface area contributed by atoms with Crippen LogP contribution in [0, 0.1) is 11.7 Å². The molecule has 0 radical (unpaired) electrons. The third-order valence-electron chi connectivity index (χ3n) is 3.96. The molecule has 114 valence electrons. The number of benzene rings is 1. The minimum atomic E-state index is -0.892. The van der Waals surface area contributed by atoms with Crippen LogP contribution < -0.4 is 4.74 Å². The lowest BCUT2D eigenvalue weighted by Crippen LogP contribution is -2.49. The Labute approximate surface area is 122 Å². The predicted octanol–water partition coefficient (Wildman–Crippen LogP) is 2.16. The fraction of sp³-hybridized carbons (Fsp3) is 0.467. The van der Waals surface area contributed by atoms with Gasteiger partial charge in [0, 0.05) is 18.2 Å². The number of hydrogen-bond acceptors (Lipinski definition) is 3. The van der Waals surface area contributed by atoms with Gasteiger partial charge in [0.1, 0.15) is 0 Å². The molecule has 0 spiro atoms. The molecule has 0 aliphatic carbocycles. The first-order chi connectivity index (χ1) is 9.95. The van der Waals surface area contributed by atoms with Crippen molar-refractivity contribution in [1.82, 2.24) is 4.90 Å². The van der Waals surface area contributed by atoms with Crippen molar-refractivity contribution in [2.24, 2.45) is 5.92 Å². The number of rotatable bonds is 3. The summed E-state index contributed by atoms with van der Waals surface area (Å²) in [7, 11) is 1.33. The zero-order chi connectivity index (χ0) is 15.6. The van der Waals surface area contributed by atoms with Crippen molar-refractivity contribution < 1.29 is 23.8 Å². The van der Waals surface area contributed by atoms with Gasteiger partial charge < -0.3 is 14.7 Å². The van der Waals surface area contributed by atoms with Crippen LogP contribution in [0.1, 0.15) is 30.1 Å². The molecule has 1 saturated heterocycles. The van der Waals surface area contributed by atoms with Crippen molar-refractivity contribution in [3.63, 3.8) is 0 Å². The van der Waals surface area contributed by atoms with E-state index in [1.165, 1.54) is 30.2 Å². The van der Waals surface area contributed by atoms with Crippen LogP contribution >= 0.6 is 0 Å². The van der Waals surface area contributed by atoms with Crippen molar-refractivity contribution >= 4 is 11.9 Å². The number of likely N-dealkylation sites (tertiary alicyclic amines) is 1. The Bertz CT molecular complexity index is 561. The van der Waals surface area contributed by atoms with E-state index in [9.17, 15) is 19.1 Å². The van der Waals surface area contributed by atoms with Gasteiger partial charge in [0.2, 0.25) is 0 Å². The van der Waals surface area contributed by atoms with Crippen LogP contribution in [0.4, 0.5) is 4.39 Å². The van der Waals surface area contributed by atoms with E-state index in [0.29, 0.717) is 24.9 Å². The van der Waals surface area contributed by atoms with Gasteiger partial charge in [-0.05, 0) is 38.0 Å². The van der Waals surface area contributed by atoms with Gasteiger partial charge in [-0.15, -0.1) is 0 Å². The molecular weight excluding hydrogens is 277 g/mol. The van der Waals surface area contributed by atoms with Gasteiger partial charge >= 0.3 is 5.97 Å². The highest BCUT2D eigenvalue weighted by molar-refractivity contribution is 5.95. The lowest BCUT2D eigenvalue weighted by atomic mass is 9.90. The Kier molecular flexibility index (Phi) is 4.45. The second-order valence-electron chi connectivity index (χ2n) is 5.18. The Morgan fingerprint density at radius 1 is 1.43 bits per heavy atom. The molecule has 21 heavy (non-hydrogen) atoms.